The molecule has 0 fully saturated rings. The van der Waals surface area contributed by atoms with Crippen LogP contribution < -0.4 is 0 Å². The Labute approximate surface area is 144 Å². The molecule has 1 aromatic heterocycles. The molecule has 0 amide bonds. The number of oxazole rings is 1. The summed E-state index contributed by atoms with van der Waals surface area (Å²) in [6.07, 6.45) is -0.0591. The van der Waals surface area contributed by atoms with Crippen LogP contribution in [0, 0.1) is 0 Å². The first kappa shape index (κ1) is 16.5. The molecule has 0 radical (unpaired) electrons. The summed E-state index contributed by atoms with van der Waals surface area (Å²) in [5.41, 5.74) is 0.790. The summed E-state index contributed by atoms with van der Waals surface area (Å²) in [5, 5.41) is 0.441. The van der Waals surface area contributed by atoms with Gasteiger partial charge < -0.3 is 9.32 Å². The maximum absolute atomic E-state index is 12.5. The van der Waals surface area contributed by atoms with Crippen molar-refractivity contribution in [2.24, 2.45) is 4.99 Å². The number of nitrogens with zero attached hydrogens (tertiary/aromatic N) is 3. The Balaban J connectivity index is 1.94. The maximum Gasteiger partial charge on any atom is 0.229 e. The molecule has 6 nitrogen and oxygen atoms in total. The summed E-state index contributed by atoms with van der Waals surface area (Å²) in [5.74, 6) is -0.493. The third kappa shape index (κ3) is 3.16. The van der Waals surface area contributed by atoms with Crippen LogP contribution in [0.15, 0.2) is 33.7 Å². The van der Waals surface area contributed by atoms with Crippen molar-refractivity contribution in [2.75, 3.05) is 27.2 Å². The SMILES string of the molecule is CN(C)CCN=C1CC(=O)c2oc(-c3ccccc3Cl)nc2C1=O. The summed E-state index contributed by atoms with van der Waals surface area (Å²) in [7, 11) is 3.83. The predicted molar refractivity (Wildman–Crippen MR) is 91.1 cm³/mol. The van der Waals surface area contributed by atoms with Crippen LogP contribution in [0.2, 0.25) is 5.02 Å². The quantitative estimate of drug-likeness (QED) is 0.851. The Morgan fingerprint density at radius 2 is 2.04 bits per heavy atom. The van der Waals surface area contributed by atoms with Crippen molar-refractivity contribution in [2.45, 2.75) is 6.42 Å². The third-order valence-electron chi connectivity index (χ3n) is 3.64. The van der Waals surface area contributed by atoms with Crippen LogP contribution in [0.5, 0.6) is 0 Å². The van der Waals surface area contributed by atoms with Gasteiger partial charge in [0.15, 0.2) is 5.69 Å². The van der Waals surface area contributed by atoms with Crippen LogP contribution in [-0.4, -0.2) is 54.3 Å². The molecule has 1 aliphatic rings. The van der Waals surface area contributed by atoms with Gasteiger partial charge in [0.05, 0.1) is 29.3 Å². The fraction of sp³-hybridized carbons (Fsp3) is 0.294. The average Bonchev–Trinajstić information content (AvgIpc) is 2.98. The van der Waals surface area contributed by atoms with Gasteiger partial charge in [-0.2, -0.15) is 0 Å². The molecular weight excluding hydrogens is 330 g/mol. The number of hydrogen-bond donors (Lipinski definition) is 0. The number of carbonyl (C=O) groups is 2. The molecule has 2 aromatic rings. The maximum atomic E-state index is 12.5. The van der Waals surface area contributed by atoms with E-state index < -0.39 is 0 Å². The summed E-state index contributed by atoms with van der Waals surface area (Å²) in [4.78, 5) is 35.2. The molecule has 0 saturated heterocycles. The van der Waals surface area contributed by atoms with E-state index in [0.717, 1.165) is 0 Å². The van der Waals surface area contributed by atoms with Gasteiger partial charge in [0, 0.05) is 6.54 Å². The number of Topliss-reactive ketones (excluding diaryl/α,β-unsaturated/α-hetero) is 2. The largest absolute Gasteiger partial charge is 0.432 e. The molecule has 0 spiro atoms. The van der Waals surface area contributed by atoms with Crippen molar-refractivity contribution >= 4 is 28.9 Å². The van der Waals surface area contributed by atoms with Crippen LogP contribution >= 0.6 is 11.6 Å². The normalized spacial score (nSPS) is 16.1. The van der Waals surface area contributed by atoms with E-state index in [9.17, 15) is 9.59 Å². The highest BCUT2D eigenvalue weighted by molar-refractivity contribution is 6.52. The van der Waals surface area contributed by atoms with Crippen molar-refractivity contribution < 1.29 is 14.0 Å². The monoisotopic (exact) mass is 345 g/mol. The molecule has 1 aromatic carbocycles. The van der Waals surface area contributed by atoms with Crippen molar-refractivity contribution in [3.63, 3.8) is 0 Å². The van der Waals surface area contributed by atoms with Gasteiger partial charge in [0.1, 0.15) is 0 Å². The van der Waals surface area contributed by atoms with Crippen molar-refractivity contribution in [3.8, 4) is 11.5 Å². The number of halogens is 1. The molecular formula is C17H16ClN3O3. The van der Waals surface area contributed by atoms with Gasteiger partial charge >= 0.3 is 0 Å². The number of aliphatic imine (C=N–C) groups is 1. The van der Waals surface area contributed by atoms with Crippen LogP contribution in [0.25, 0.3) is 11.5 Å². The van der Waals surface area contributed by atoms with Gasteiger partial charge in [-0.25, -0.2) is 4.98 Å². The molecule has 3 rings (SSSR count). The molecule has 124 valence electrons. The zero-order valence-electron chi connectivity index (χ0n) is 13.4. The lowest BCUT2D eigenvalue weighted by atomic mass is 9.97. The summed E-state index contributed by atoms with van der Waals surface area (Å²) >= 11 is 6.12. The topological polar surface area (TPSA) is 75.8 Å². The summed E-state index contributed by atoms with van der Waals surface area (Å²) in [6, 6.07) is 6.97. The number of ketones is 2. The zero-order chi connectivity index (χ0) is 17.3. The molecule has 24 heavy (non-hydrogen) atoms. The number of benzene rings is 1. The molecule has 0 saturated carbocycles. The van der Waals surface area contributed by atoms with E-state index in [4.69, 9.17) is 16.0 Å². The minimum absolute atomic E-state index is 0.0125. The molecule has 1 heterocycles. The van der Waals surface area contributed by atoms with Crippen LogP contribution in [0.4, 0.5) is 0 Å². The second-order valence-electron chi connectivity index (χ2n) is 5.74. The molecule has 0 N–H and O–H groups in total. The van der Waals surface area contributed by atoms with Crippen molar-refractivity contribution in [1.82, 2.24) is 9.88 Å². The first-order valence-electron chi connectivity index (χ1n) is 7.49. The first-order chi connectivity index (χ1) is 11.5. The second-order valence-corrected chi connectivity index (χ2v) is 6.14. The van der Waals surface area contributed by atoms with Gasteiger partial charge in [-0.15, -0.1) is 0 Å². The van der Waals surface area contributed by atoms with E-state index >= 15 is 0 Å². The highest BCUT2D eigenvalue weighted by Crippen LogP contribution is 2.31. The number of hydrogen-bond acceptors (Lipinski definition) is 6. The third-order valence-corrected chi connectivity index (χ3v) is 3.97. The average molecular weight is 346 g/mol. The zero-order valence-corrected chi connectivity index (χ0v) is 14.1. The van der Waals surface area contributed by atoms with Crippen molar-refractivity contribution in [3.05, 3.63) is 40.7 Å². The standard InChI is InChI=1S/C17H16ClN3O3/c1-21(2)8-7-19-12-9-13(22)16-14(15(12)23)20-17(24-16)10-5-3-4-6-11(10)18/h3-6H,7-9H2,1-2H3. The Morgan fingerprint density at radius 1 is 1.29 bits per heavy atom. The lowest BCUT2D eigenvalue weighted by Crippen LogP contribution is -2.27. The van der Waals surface area contributed by atoms with E-state index in [1.807, 2.05) is 19.0 Å². The number of aromatic nitrogens is 1. The van der Waals surface area contributed by atoms with Gasteiger partial charge in [0.25, 0.3) is 0 Å². The molecule has 0 unspecified atom stereocenters. The second kappa shape index (κ2) is 6.67. The van der Waals surface area contributed by atoms with Gasteiger partial charge in [-0.1, -0.05) is 23.7 Å². The number of carbonyl (C=O) groups excluding carboxylic acids is 2. The highest BCUT2D eigenvalue weighted by Gasteiger charge is 2.35. The highest BCUT2D eigenvalue weighted by atomic mass is 35.5. The number of rotatable bonds is 4. The minimum Gasteiger partial charge on any atom is -0.432 e. The fourth-order valence-electron chi connectivity index (χ4n) is 2.37. The molecule has 0 aliphatic heterocycles. The van der Waals surface area contributed by atoms with E-state index in [0.29, 0.717) is 23.7 Å². The first-order valence-corrected chi connectivity index (χ1v) is 7.87. The molecule has 0 atom stereocenters. The van der Waals surface area contributed by atoms with Gasteiger partial charge in [-0.05, 0) is 26.2 Å². The molecule has 1 aliphatic carbocycles. The number of fused-ring (bicyclic) bond motifs is 1. The predicted octanol–water partition coefficient (Wildman–Crippen LogP) is 2.77. The van der Waals surface area contributed by atoms with Gasteiger partial charge in [-0.3, -0.25) is 14.6 Å². The van der Waals surface area contributed by atoms with Crippen LogP contribution in [0.3, 0.4) is 0 Å². The van der Waals surface area contributed by atoms with E-state index in [1.165, 1.54) is 0 Å². The minimum atomic E-state index is -0.356. The molecule has 0 bridgehead atoms. The number of likely N-dealkylation sites (N-methyl/N-ethyl adjacent to an activating group) is 1. The Morgan fingerprint density at radius 3 is 2.75 bits per heavy atom. The summed E-state index contributed by atoms with van der Waals surface area (Å²) < 4.78 is 5.52. The van der Waals surface area contributed by atoms with Crippen molar-refractivity contribution in [1.29, 1.82) is 0 Å². The Kier molecular flexibility index (Phi) is 4.59. The van der Waals surface area contributed by atoms with E-state index in [2.05, 4.69) is 9.98 Å². The van der Waals surface area contributed by atoms with Gasteiger partial charge in [0.2, 0.25) is 23.2 Å². The Bertz CT molecular complexity index is 839. The van der Waals surface area contributed by atoms with Crippen LogP contribution in [-0.2, 0) is 0 Å². The molecule has 7 heteroatoms. The fourth-order valence-corrected chi connectivity index (χ4v) is 2.59. The lowest BCUT2D eigenvalue weighted by Gasteiger charge is -2.10. The van der Waals surface area contributed by atoms with Crippen LogP contribution in [0.1, 0.15) is 27.5 Å². The smallest absolute Gasteiger partial charge is 0.229 e. The van der Waals surface area contributed by atoms with E-state index in [1.54, 1.807) is 24.3 Å². The Hall–Kier alpha value is -2.31. The summed E-state index contributed by atoms with van der Waals surface area (Å²) in [6.45, 7) is 1.15. The lowest BCUT2D eigenvalue weighted by molar-refractivity contribution is 0.0940. The van der Waals surface area contributed by atoms with E-state index in [-0.39, 0.29) is 41.0 Å².